The Kier molecular flexibility index (Phi) is 6.19. The van der Waals surface area contributed by atoms with Crippen LogP contribution in [0.25, 0.3) is 11.0 Å². The van der Waals surface area contributed by atoms with Crippen LogP contribution in [0.3, 0.4) is 0 Å². The van der Waals surface area contributed by atoms with E-state index in [4.69, 9.17) is 11.5 Å². The molecular weight excluding hydrogens is 420 g/mol. The number of hydrogen-bond donors (Lipinski definition) is 3. The molecule has 3 aromatic rings. The minimum atomic E-state index is -0.865. The third-order valence-electron chi connectivity index (χ3n) is 6.22. The number of primary amides is 1. The molecule has 2 aromatic heterocycles. The molecule has 1 aliphatic heterocycles. The van der Waals surface area contributed by atoms with Crippen molar-refractivity contribution in [3.8, 4) is 0 Å². The third kappa shape index (κ3) is 4.21. The van der Waals surface area contributed by atoms with Crippen LogP contribution >= 0.6 is 0 Å². The highest BCUT2D eigenvalue weighted by Crippen LogP contribution is 2.26. The predicted octanol–water partition coefficient (Wildman–Crippen LogP) is 1.69. The zero-order valence-corrected chi connectivity index (χ0v) is 19.3. The number of rotatable bonds is 6. The van der Waals surface area contributed by atoms with Gasteiger partial charge in [-0.2, -0.15) is 4.98 Å². The van der Waals surface area contributed by atoms with Crippen LogP contribution in [0.4, 0.5) is 23.1 Å². The summed E-state index contributed by atoms with van der Waals surface area (Å²) in [6.45, 7) is 11.8. The molecule has 0 bridgehead atoms. The van der Waals surface area contributed by atoms with Gasteiger partial charge in [-0.1, -0.05) is 6.92 Å². The fraction of sp³-hybridized carbons (Fsp3) is 0.391. The molecule has 0 unspecified atom stereocenters. The van der Waals surface area contributed by atoms with Crippen molar-refractivity contribution >= 4 is 40.1 Å². The van der Waals surface area contributed by atoms with E-state index in [1.165, 1.54) is 11.9 Å². The minimum absolute atomic E-state index is 0.00974. The Labute approximate surface area is 192 Å². The number of amides is 1. The molecule has 1 saturated heterocycles. The van der Waals surface area contributed by atoms with Crippen molar-refractivity contribution in [1.82, 2.24) is 19.4 Å². The van der Waals surface area contributed by atoms with E-state index in [0.717, 1.165) is 44.0 Å². The summed E-state index contributed by atoms with van der Waals surface area (Å²) in [5.74, 6) is -0.523. The second-order valence-electron chi connectivity index (χ2n) is 8.18. The minimum Gasteiger partial charge on any atom is -0.384 e. The number of carbonyl (C=O) groups is 1. The van der Waals surface area contributed by atoms with Gasteiger partial charge < -0.3 is 31.2 Å². The van der Waals surface area contributed by atoms with Gasteiger partial charge in [0.1, 0.15) is 11.4 Å². The Morgan fingerprint density at radius 2 is 1.88 bits per heavy atom. The summed E-state index contributed by atoms with van der Waals surface area (Å²) in [5.41, 5.74) is 14.2. The van der Waals surface area contributed by atoms with Gasteiger partial charge in [-0.25, -0.2) is 4.98 Å². The number of likely N-dealkylation sites (N-methyl/N-ethyl adjacent to an activating group) is 1. The maximum Gasteiger partial charge on any atom is 0.256 e. The quantitative estimate of drug-likeness (QED) is 0.516. The molecule has 4 rings (SSSR count). The number of nitrogens with zero attached hydrogens (tertiary/aromatic N) is 5. The number of carbonyl (C=O) groups excluding carboxylic acids is 1. The number of aromatic nitrogens is 3. The zero-order valence-electron chi connectivity index (χ0n) is 19.3. The van der Waals surface area contributed by atoms with Crippen molar-refractivity contribution in [1.29, 1.82) is 0 Å². The van der Waals surface area contributed by atoms with E-state index >= 15 is 0 Å². The Bertz CT molecular complexity index is 1260. The number of piperazine rings is 1. The van der Waals surface area contributed by atoms with Gasteiger partial charge in [-0.3, -0.25) is 9.59 Å². The SMILES string of the molecule is CCN1CCN(c2ccc(Nc3ncc4c(=O)c(C(N)=O)c(N)n(CC)c4n3)cc2C)CC1. The normalized spacial score (nSPS) is 14.6. The van der Waals surface area contributed by atoms with Crippen LogP contribution in [0.1, 0.15) is 29.8 Å². The second-order valence-corrected chi connectivity index (χ2v) is 8.18. The van der Waals surface area contributed by atoms with E-state index in [9.17, 15) is 9.59 Å². The lowest BCUT2D eigenvalue weighted by molar-refractivity contribution is 0.1000. The molecule has 0 radical (unpaired) electrons. The van der Waals surface area contributed by atoms with Gasteiger partial charge >= 0.3 is 0 Å². The summed E-state index contributed by atoms with van der Waals surface area (Å²) in [7, 11) is 0. The molecule has 1 amide bonds. The first-order chi connectivity index (χ1) is 15.8. The molecule has 174 valence electrons. The Morgan fingerprint density at radius 3 is 2.48 bits per heavy atom. The summed E-state index contributed by atoms with van der Waals surface area (Å²) in [4.78, 5) is 38.1. The topological polar surface area (TPSA) is 135 Å². The van der Waals surface area contributed by atoms with Gasteiger partial charge in [0.15, 0.2) is 5.65 Å². The highest BCUT2D eigenvalue weighted by atomic mass is 16.2. The number of pyridine rings is 1. The van der Waals surface area contributed by atoms with E-state index < -0.39 is 11.3 Å². The monoisotopic (exact) mass is 450 g/mol. The van der Waals surface area contributed by atoms with Crippen molar-refractivity contribution < 1.29 is 4.79 Å². The number of fused-ring (bicyclic) bond motifs is 1. The molecular formula is C23H30N8O2. The largest absolute Gasteiger partial charge is 0.384 e. The number of anilines is 4. The average Bonchev–Trinajstić information content (AvgIpc) is 2.79. The van der Waals surface area contributed by atoms with E-state index in [2.05, 4.69) is 51.1 Å². The molecule has 33 heavy (non-hydrogen) atoms. The lowest BCUT2D eigenvalue weighted by atomic mass is 10.1. The molecule has 3 heterocycles. The van der Waals surface area contributed by atoms with Crippen LogP contribution < -0.4 is 27.1 Å². The van der Waals surface area contributed by atoms with Crippen molar-refractivity contribution in [2.45, 2.75) is 27.3 Å². The van der Waals surface area contributed by atoms with Gasteiger partial charge in [-0.15, -0.1) is 0 Å². The summed E-state index contributed by atoms with van der Waals surface area (Å²) < 4.78 is 1.59. The zero-order chi connectivity index (χ0) is 23.7. The number of hydrogen-bond acceptors (Lipinski definition) is 8. The highest BCUT2D eigenvalue weighted by molar-refractivity contribution is 6.00. The van der Waals surface area contributed by atoms with Crippen LogP contribution in [0.15, 0.2) is 29.2 Å². The van der Waals surface area contributed by atoms with Crippen LogP contribution in [-0.4, -0.2) is 58.1 Å². The van der Waals surface area contributed by atoms with Gasteiger partial charge in [0.2, 0.25) is 11.4 Å². The van der Waals surface area contributed by atoms with Gasteiger partial charge in [-0.05, 0) is 44.2 Å². The molecule has 0 aliphatic carbocycles. The molecule has 1 aromatic carbocycles. The Balaban J connectivity index is 1.63. The van der Waals surface area contributed by atoms with E-state index in [0.29, 0.717) is 18.1 Å². The van der Waals surface area contributed by atoms with E-state index in [-0.39, 0.29) is 16.8 Å². The number of nitrogens with two attached hydrogens (primary N) is 2. The molecule has 5 N–H and O–H groups in total. The number of nitrogen functional groups attached to an aromatic ring is 1. The molecule has 0 atom stereocenters. The van der Waals surface area contributed by atoms with Crippen LogP contribution in [-0.2, 0) is 6.54 Å². The van der Waals surface area contributed by atoms with Gasteiger partial charge in [0.05, 0.1) is 5.39 Å². The summed E-state index contributed by atoms with van der Waals surface area (Å²) >= 11 is 0. The number of nitrogens with one attached hydrogen (secondary N) is 1. The maximum atomic E-state index is 12.7. The van der Waals surface area contributed by atoms with Crippen molar-refractivity contribution in [2.24, 2.45) is 5.73 Å². The fourth-order valence-electron chi connectivity index (χ4n) is 4.38. The predicted molar refractivity (Wildman–Crippen MR) is 131 cm³/mol. The molecule has 1 fully saturated rings. The standard InChI is InChI=1S/C23H30N8O2/c1-4-29-8-10-30(11-9-29)17-7-6-15(12-14(17)3)27-23-26-13-16-19(32)18(21(25)33)20(24)31(5-2)22(16)28-23/h6-7,12-13H,4-5,8-11,24H2,1-3H3,(H2,25,33)(H,26,27,28). The van der Waals surface area contributed by atoms with Crippen LogP contribution in [0, 0.1) is 6.92 Å². The number of benzene rings is 1. The van der Waals surface area contributed by atoms with E-state index in [1.54, 1.807) is 4.57 Å². The van der Waals surface area contributed by atoms with Crippen molar-refractivity contribution in [3.63, 3.8) is 0 Å². The molecule has 10 nitrogen and oxygen atoms in total. The first kappa shape index (κ1) is 22.5. The van der Waals surface area contributed by atoms with Crippen LogP contribution in [0.5, 0.6) is 0 Å². The van der Waals surface area contributed by atoms with Gasteiger partial charge in [0.25, 0.3) is 5.91 Å². The maximum absolute atomic E-state index is 12.7. The molecule has 10 heteroatoms. The molecule has 1 aliphatic rings. The van der Waals surface area contributed by atoms with E-state index in [1.807, 2.05) is 13.0 Å². The summed E-state index contributed by atoms with van der Waals surface area (Å²) in [6, 6.07) is 6.17. The first-order valence-electron chi connectivity index (χ1n) is 11.2. The fourth-order valence-corrected chi connectivity index (χ4v) is 4.38. The lowest BCUT2D eigenvalue weighted by Crippen LogP contribution is -2.46. The molecule has 0 saturated carbocycles. The van der Waals surface area contributed by atoms with Gasteiger partial charge in [0, 0.05) is 50.3 Å². The van der Waals surface area contributed by atoms with Crippen molar-refractivity contribution in [2.75, 3.05) is 48.7 Å². The number of aryl methyl sites for hydroxylation is 2. The lowest BCUT2D eigenvalue weighted by Gasteiger charge is -2.36. The Morgan fingerprint density at radius 1 is 1.15 bits per heavy atom. The summed E-state index contributed by atoms with van der Waals surface area (Å²) in [6.07, 6.45) is 1.40. The average molecular weight is 451 g/mol. The molecule has 0 spiro atoms. The third-order valence-corrected chi connectivity index (χ3v) is 6.22. The van der Waals surface area contributed by atoms with Crippen molar-refractivity contribution in [3.05, 3.63) is 45.7 Å². The van der Waals surface area contributed by atoms with Crippen LogP contribution in [0.2, 0.25) is 0 Å². The Hall–Kier alpha value is -3.66. The highest BCUT2D eigenvalue weighted by Gasteiger charge is 2.20. The smallest absolute Gasteiger partial charge is 0.256 e. The summed E-state index contributed by atoms with van der Waals surface area (Å²) in [5, 5.41) is 3.41. The second kappa shape index (κ2) is 9.07. The first-order valence-corrected chi connectivity index (χ1v) is 11.2.